The van der Waals surface area contributed by atoms with Crippen molar-refractivity contribution in [1.29, 1.82) is 0 Å². The smallest absolute Gasteiger partial charge is 0.247 e. The van der Waals surface area contributed by atoms with Gasteiger partial charge >= 0.3 is 0 Å². The van der Waals surface area contributed by atoms with Crippen LogP contribution in [-0.4, -0.2) is 52.2 Å². The molecule has 3 aromatic rings. The molecule has 0 unspecified atom stereocenters. The monoisotopic (exact) mass is 460 g/mol. The Morgan fingerprint density at radius 1 is 1.09 bits per heavy atom. The zero-order chi connectivity index (χ0) is 24.7. The van der Waals surface area contributed by atoms with Gasteiger partial charge in [0.1, 0.15) is 5.75 Å². The number of ether oxygens (including phenoxy) is 1. The van der Waals surface area contributed by atoms with Gasteiger partial charge in [0.05, 0.1) is 25.0 Å². The second-order valence-electron chi connectivity index (χ2n) is 8.93. The Labute approximate surface area is 201 Å². The maximum atomic E-state index is 12.9. The van der Waals surface area contributed by atoms with E-state index in [1.807, 2.05) is 88.5 Å². The SMILES string of the molecule is CCN(CC(=O)NC(C)(C)C)C(=O)/C=C/c1cn(-c2ccccc2)nc1-c1ccc(OC)cc1. The molecular weight excluding hydrogens is 428 g/mol. The summed E-state index contributed by atoms with van der Waals surface area (Å²) in [4.78, 5) is 26.7. The van der Waals surface area contributed by atoms with Gasteiger partial charge in [-0.3, -0.25) is 9.59 Å². The van der Waals surface area contributed by atoms with Crippen LogP contribution >= 0.6 is 0 Å². The molecule has 0 spiro atoms. The zero-order valence-electron chi connectivity index (χ0n) is 20.4. The Hall–Kier alpha value is -3.87. The summed E-state index contributed by atoms with van der Waals surface area (Å²) >= 11 is 0. The molecule has 0 atom stereocenters. The highest BCUT2D eigenvalue weighted by Crippen LogP contribution is 2.26. The van der Waals surface area contributed by atoms with Crippen LogP contribution in [0.5, 0.6) is 5.75 Å². The van der Waals surface area contributed by atoms with Crippen LogP contribution in [0.25, 0.3) is 23.0 Å². The minimum atomic E-state index is -0.353. The second kappa shape index (κ2) is 10.8. The highest BCUT2D eigenvalue weighted by atomic mass is 16.5. The van der Waals surface area contributed by atoms with Crippen LogP contribution in [0.4, 0.5) is 0 Å². The number of aromatic nitrogens is 2. The van der Waals surface area contributed by atoms with Gasteiger partial charge in [0.15, 0.2) is 0 Å². The van der Waals surface area contributed by atoms with Gasteiger partial charge in [-0.1, -0.05) is 18.2 Å². The Morgan fingerprint density at radius 3 is 2.35 bits per heavy atom. The largest absolute Gasteiger partial charge is 0.497 e. The van der Waals surface area contributed by atoms with Crippen LogP contribution in [0, 0.1) is 0 Å². The third-order valence-corrected chi connectivity index (χ3v) is 5.07. The summed E-state index contributed by atoms with van der Waals surface area (Å²) < 4.78 is 7.06. The summed E-state index contributed by atoms with van der Waals surface area (Å²) in [6, 6.07) is 17.4. The number of amides is 2. The predicted molar refractivity (Wildman–Crippen MR) is 135 cm³/mol. The molecule has 178 valence electrons. The fourth-order valence-electron chi connectivity index (χ4n) is 3.44. The molecule has 34 heavy (non-hydrogen) atoms. The van der Waals surface area contributed by atoms with E-state index in [1.54, 1.807) is 17.9 Å². The average Bonchev–Trinajstić information content (AvgIpc) is 3.24. The van der Waals surface area contributed by atoms with Crippen molar-refractivity contribution in [2.75, 3.05) is 20.2 Å². The van der Waals surface area contributed by atoms with Crippen molar-refractivity contribution in [3.8, 4) is 22.7 Å². The summed E-state index contributed by atoms with van der Waals surface area (Å²) in [7, 11) is 1.63. The number of carbonyl (C=O) groups excluding carboxylic acids is 2. The van der Waals surface area contributed by atoms with E-state index in [9.17, 15) is 9.59 Å². The molecular formula is C27H32N4O3. The molecule has 7 nitrogen and oxygen atoms in total. The van der Waals surface area contributed by atoms with Crippen molar-refractivity contribution in [2.45, 2.75) is 33.2 Å². The molecule has 0 bridgehead atoms. The van der Waals surface area contributed by atoms with Gasteiger partial charge in [-0.25, -0.2) is 4.68 Å². The highest BCUT2D eigenvalue weighted by molar-refractivity contribution is 5.95. The van der Waals surface area contributed by atoms with Crippen LogP contribution in [0.2, 0.25) is 0 Å². The topological polar surface area (TPSA) is 76.5 Å². The number of methoxy groups -OCH3 is 1. The van der Waals surface area contributed by atoms with Crippen molar-refractivity contribution >= 4 is 17.9 Å². The lowest BCUT2D eigenvalue weighted by Gasteiger charge is -2.24. The molecule has 7 heteroatoms. The fourth-order valence-corrected chi connectivity index (χ4v) is 3.44. The fraction of sp³-hybridized carbons (Fsp3) is 0.296. The molecule has 0 aliphatic carbocycles. The maximum absolute atomic E-state index is 12.9. The van der Waals surface area contributed by atoms with Crippen LogP contribution in [0.3, 0.4) is 0 Å². The number of likely N-dealkylation sites (N-methyl/N-ethyl adjacent to an activating group) is 1. The number of carbonyl (C=O) groups is 2. The Morgan fingerprint density at radius 2 is 1.76 bits per heavy atom. The number of rotatable bonds is 8. The second-order valence-corrected chi connectivity index (χ2v) is 8.93. The molecule has 3 rings (SSSR count). The van der Waals surface area contributed by atoms with Crippen LogP contribution < -0.4 is 10.1 Å². The van der Waals surface area contributed by atoms with E-state index >= 15 is 0 Å². The molecule has 1 aromatic heterocycles. The lowest BCUT2D eigenvalue weighted by atomic mass is 10.1. The minimum Gasteiger partial charge on any atom is -0.497 e. The zero-order valence-corrected chi connectivity index (χ0v) is 20.4. The summed E-state index contributed by atoms with van der Waals surface area (Å²) in [5, 5.41) is 7.67. The lowest BCUT2D eigenvalue weighted by molar-refractivity contribution is -0.132. The number of hydrogen-bond donors (Lipinski definition) is 1. The lowest BCUT2D eigenvalue weighted by Crippen LogP contribution is -2.47. The molecule has 2 amide bonds. The van der Waals surface area contributed by atoms with Crippen molar-refractivity contribution in [3.63, 3.8) is 0 Å². The third-order valence-electron chi connectivity index (χ3n) is 5.07. The van der Waals surface area contributed by atoms with Crippen molar-refractivity contribution in [3.05, 3.63) is 72.4 Å². The van der Waals surface area contributed by atoms with Gasteiger partial charge in [-0.05, 0) is 70.2 Å². The first kappa shape index (κ1) is 24.8. The summed E-state index contributed by atoms with van der Waals surface area (Å²) in [6.45, 7) is 8.02. The normalized spacial score (nSPS) is 11.4. The van der Waals surface area contributed by atoms with Gasteiger partial charge in [0.2, 0.25) is 11.8 Å². The average molecular weight is 461 g/mol. The van der Waals surface area contributed by atoms with E-state index in [2.05, 4.69) is 5.32 Å². The Kier molecular flexibility index (Phi) is 7.89. The van der Waals surface area contributed by atoms with Crippen LogP contribution in [0.1, 0.15) is 33.3 Å². The number of benzene rings is 2. The van der Waals surface area contributed by atoms with Gasteiger partial charge in [0, 0.05) is 35.5 Å². The van der Waals surface area contributed by atoms with E-state index in [4.69, 9.17) is 9.84 Å². The Balaban J connectivity index is 1.88. The van der Waals surface area contributed by atoms with Crippen molar-refractivity contribution in [2.24, 2.45) is 0 Å². The molecule has 1 heterocycles. The third kappa shape index (κ3) is 6.57. The molecule has 0 saturated carbocycles. The number of nitrogens with one attached hydrogen (secondary N) is 1. The van der Waals surface area contributed by atoms with Gasteiger partial charge in [0.25, 0.3) is 0 Å². The first-order valence-corrected chi connectivity index (χ1v) is 11.3. The summed E-state index contributed by atoms with van der Waals surface area (Å²) in [5.41, 5.74) is 2.99. The molecule has 0 aliphatic heterocycles. The summed E-state index contributed by atoms with van der Waals surface area (Å²) in [6.07, 6.45) is 5.13. The first-order chi connectivity index (χ1) is 16.2. The number of nitrogens with zero attached hydrogens (tertiary/aromatic N) is 3. The molecule has 1 N–H and O–H groups in total. The van der Waals surface area contributed by atoms with E-state index in [0.717, 1.165) is 28.3 Å². The summed E-state index contributed by atoms with van der Waals surface area (Å²) in [5.74, 6) is 0.331. The minimum absolute atomic E-state index is 0.00551. The highest BCUT2D eigenvalue weighted by Gasteiger charge is 2.18. The predicted octanol–water partition coefficient (Wildman–Crippen LogP) is 4.32. The van der Waals surface area contributed by atoms with E-state index in [0.29, 0.717) is 6.54 Å². The maximum Gasteiger partial charge on any atom is 0.247 e. The molecule has 0 radical (unpaired) electrons. The quantitative estimate of drug-likeness (QED) is 0.508. The van der Waals surface area contributed by atoms with Gasteiger partial charge in [-0.15, -0.1) is 0 Å². The Bertz CT molecular complexity index is 1140. The van der Waals surface area contributed by atoms with E-state index < -0.39 is 0 Å². The molecule has 0 saturated heterocycles. The molecule has 0 fully saturated rings. The molecule has 2 aromatic carbocycles. The van der Waals surface area contributed by atoms with Gasteiger partial charge < -0.3 is 15.0 Å². The van der Waals surface area contributed by atoms with Crippen molar-refractivity contribution < 1.29 is 14.3 Å². The standard InChI is InChI=1S/C27H32N4O3/c1-6-30(19-24(32)28-27(2,3)4)25(33)17-14-21-18-31(22-10-8-7-9-11-22)29-26(21)20-12-15-23(34-5)16-13-20/h7-18H,6,19H2,1-5H3,(H,28,32)/b17-14+. The van der Waals surface area contributed by atoms with Crippen molar-refractivity contribution in [1.82, 2.24) is 20.0 Å². The van der Waals surface area contributed by atoms with Crippen LogP contribution in [0.15, 0.2) is 66.9 Å². The van der Waals surface area contributed by atoms with Gasteiger partial charge in [-0.2, -0.15) is 5.10 Å². The van der Waals surface area contributed by atoms with Crippen LogP contribution in [-0.2, 0) is 9.59 Å². The molecule has 0 aliphatic rings. The number of para-hydroxylation sites is 1. The van der Waals surface area contributed by atoms with E-state index in [-0.39, 0.29) is 23.9 Å². The van der Waals surface area contributed by atoms with E-state index in [1.165, 1.54) is 11.0 Å². The first-order valence-electron chi connectivity index (χ1n) is 11.3. The number of hydrogen-bond acceptors (Lipinski definition) is 4.